The number of hydrogen-bond acceptors (Lipinski definition) is 0. The first-order chi connectivity index (χ1) is 12.3. The lowest BCUT2D eigenvalue weighted by molar-refractivity contribution is -0.348. The van der Waals surface area contributed by atoms with Crippen LogP contribution in [-0.4, -0.2) is 12.4 Å². The minimum atomic E-state index is -6.28. The van der Waals surface area contributed by atoms with Crippen LogP contribution in [0.15, 0.2) is 36.4 Å². The quantitative estimate of drug-likeness (QED) is 0.300. The van der Waals surface area contributed by atoms with E-state index in [1.54, 1.807) is 6.92 Å². The van der Waals surface area contributed by atoms with Crippen molar-refractivity contribution in [2.45, 2.75) is 37.8 Å². The van der Waals surface area contributed by atoms with Crippen LogP contribution in [0.3, 0.4) is 0 Å². The van der Waals surface area contributed by atoms with Crippen molar-refractivity contribution in [1.29, 1.82) is 0 Å². The zero-order valence-electron chi connectivity index (χ0n) is 13.8. The van der Waals surface area contributed by atoms with Gasteiger partial charge >= 0.3 is 18.0 Å². The van der Waals surface area contributed by atoms with Gasteiger partial charge in [0.25, 0.3) is 0 Å². The van der Waals surface area contributed by atoms with Gasteiger partial charge < -0.3 is 0 Å². The van der Waals surface area contributed by atoms with Crippen LogP contribution in [0.4, 0.5) is 35.1 Å². The molecule has 9 heteroatoms. The summed E-state index contributed by atoms with van der Waals surface area (Å²) < 4.78 is 109. The first-order valence-corrected chi connectivity index (χ1v) is 8.82. The highest BCUT2D eigenvalue weighted by molar-refractivity contribution is 14.1. The van der Waals surface area contributed by atoms with Crippen LogP contribution in [0.1, 0.15) is 24.5 Å². The summed E-state index contributed by atoms with van der Waals surface area (Å²) in [5, 5.41) is 0. The molecule has 0 aliphatic rings. The maximum atomic E-state index is 14.8. The summed E-state index contributed by atoms with van der Waals surface area (Å²) in [6.45, 7) is 1.67. The van der Waals surface area contributed by atoms with Crippen molar-refractivity contribution in [3.8, 4) is 11.1 Å². The molecule has 0 N–H and O–H groups in total. The monoisotopic (exact) mass is 508 g/mol. The molecule has 2 rings (SSSR count). The Labute approximate surface area is 163 Å². The molecule has 0 aliphatic carbocycles. The summed E-state index contributed by atoms with van der Waals surface area (Å²) in [5.41, 5.74) is -8.47. The summed E-state index contributed by atoms with van der Waals surface area (Å²) in [5.74, 6) is -1.05. The van der Waals surface area contributed by atoms with Crippen molar-refractivity contribution in [3.63, 3.8) is 0 Å². The third kappa shape index (κ3) is 3.93. The summed E-state index contributed by atoms with van der Waals surface area (Å²) in [6.07, 6.45) is -12.0. The highest BCUT2D eigenvalue weighted by Gasteiger charge is 2.74. The number of halogens is 9. The minimum absolute atomic E-state index is 0.103. The molecule has 0 saturated carbocycles. The SMILES string of the molecule is CCCc1cc(I)c(-c2ccccc2F)c(C(F)(C(F)(F)F)C(F)(F)F)c1. The third-order valence-electron chi connectivity index (χ3n) is 3.98. The van der Waals surface area contributed by atoms with E-state index >= 15 is 0 Å². The zero-order chi connectivity index (χ0) is 20.6. The van der Waals surface area contributed by atoms with E-state index in [9.17, 15) is 35.1 Å². The summed E-state index contributed by atoms with van der Waals surface area (Å²) in [6, 6.07) is 6.25. The molecule has 0 nitrogen and oxygen atoms in total. The van der Waals surface area contributed by atoms with E-state index in [-0.39, 0.29) is 15.6 Å². The number of aryl methyl sites for hydroxylation is 1. The Morgan fingerprint density at radius 3 is 1.93 bits per heavy atom. The van der Waals surface area contributed by atoms with Crippen molar-refractivity contribution >= 4 is 22.6 Å². The van der Waals surface area contributed by atoms with Crippen LogP contribution in [-0.2, 0) is 12.1 Å². The number of benzene rings is 2. The van der Waals surface area contributed by atoms with Gasteiger partial charge in [-0.1, -0.05) is 37.6 Å². The predicted octanol–water partition coefficient (Wildman–Crippen LogP) is 7.34. The molecule has 0 spiro atoms. The smallest absolute Gasteiger partial charge is 0.218 e. The minimum Gasteiger partial charge on any atom is -0.218 e. The van der Waals surface area contributed by atoms with Gasteiger partial charge in [0.1, 0.15) is 5.82 Å². The Bertz CT molecular complexity index is 809. The van der Waals surface area contributed by atoms with Crippen molar-refractivity contribution in [2.75, 3.05) is 0 Å². The summed E-state index contributed by atoms with van der Waals surface area (Å²) in [7, 11) is 0. The Kier molecular flexibility index (Phi) is 6.13. The van der Waals surface area contributed by atoms with Gasteiger partial charge in [-0.2, -0.15) is 26.3 Å². The van der Waals surface area contributed by atoms with Crippen molar-refractivity contribution in [1.82, 2.24) is 0 Å². The van der Waals surface area contributed by atoms with E-state index in [0.29, 0.717) is 12.5 Å². The van der Waals surface area contributed by atoms with E-state index in [4.69, 9.17) is 0 Å². The van der Waals surface area contributed by atoms with Crippen LogP contribution in [0.25, 0.3) is 11.1 Å². The fraction of sp³-hybridized carbons (Fsp3) is 0.333. The third-order valence-corrected chi connectivity index (χ3v) is 4.84. The number of hydrogen-bond donors (Lipinski definition) is 0. The van der Waals surface area contributed by atoms with Crippen LogP contribution < -0.4 is 0 Å². The molecule has 2 aromatic rings. The second kappa shape index (κ2) is 7.56. The highest BCUT2D eigenvalue weighted by atomic mass is 127. The molecule has 0 heterocycles. The van der Waals surface area contributed by atoms with E-state index < -0.39 is 40.5 Å². The molecule has 0 atom stereocenters. The molecule has 0 radical (unpaired) electrons. The van der Waals surface area contributed by atoms with E-state index in [1.807, 2.05) is 0 Å². The molecule has 0 bridgehead atoms. The standard InChI is InChI=1S/C18H13F8I/c1-2-5-10-8-12(16(20,17(21,22)23)18(24,25)26)15(14(27)9-10)11-6-3-4-7-13(11)19/h3-4,6-9H,2,5H2,1H3. The van der Waals surface area contributed by atoms with Crippen molar-refractivity contribution < 1.29 is 35.1 Å². The Morgan fingerprint density at radius 2 is 1.44 bits per heavy atom. The average molecular weight is 508 g/mol. The lowest BCUT2D eigenvalue weighted by atomic mass is 9.85. The molecule has 27 heavy (non-hydrogen) atoms. The largest absolute Gasteiger partial charge is 0.435 e. The molecule has 0 aliphatic heterocycles. The lowest BCUT2D eigenvalue weighted by Crippen LogP contribution is -2.50. The molecule has 0 saturated heterocycles. The molecular formula is C18H13F8I. The second-order valence-corrected chi connectivity index (χ2v) is 7.05. The maximum Gasteiger partial charge on any atom is 0.435 e. The zero-order valence-corrected chi connectivity index (χ0v) is 15.9. The molecule has 2 aromatic carbocycles. The highest BCUT2D eigenvalue weighted by Crippen LogP contribution is 2.56. The van der Waals surface area contributed by atoms with Crippen molar-refractivity contribution in [3.05, 3.63) is 56.9 Å². The maximum absolute atomic E-state index is 14.8. The van der Waals surface area contributed by atoms with Crippen LogP contribution in [0, 0.1) is 9.39 Å². The van der Waals surface area contributed by atoms with Gasteiger partial charge in [-0.15, -0.1) is 0 Å². The van der Waals surface area contributed by atoms with E-state index in [1.165, 1.54) is 40.8 Å². The molecule has 0 unspecified atom stereocenters. The van der Waals surface area contributed by atoms with E-state index in [2.05, 4.69) is 0 Å². The van der Waals surface area contributed by atoms with Crippen LogP contribution in [0.5, 0.6) is 0 Å². The number of alkyl halides is 7. The molecule has 0 amide bonds. The van der Waals surface area contributed by atoms with Gasteiger partial charge in [-0.05, 0) is 46.7 Å². The topological polar surface area (TPSA) is 0 Å². The lowest BCUT2D eigenvalue weighted by Gasteiger charge is -2.32. The van der Waals surface area contributed by atoms with E-state index in [0.717, 1.165) is 12.1 Å². The fourth-order valence-electron chi connectivity index (χ4n) is 2.77. The normalized spacial score (nSPS) is 13.1. The van der Waals surface area contributed by atoms with Crippen molar-refractivity contribution in [2.24, 2.45) is 0 Å². The number of rotatable bonds is 4. The first-order valence-electron chi connectivity index (χ1n) is 7.74. The van der Waals surface area contributed by atoms with Crippen LogP contribution >= 0.6 is 22.6 Å². The van der Waals surface area contributed by atoms with Gasteiger partial charge in [-0.3, -0.25) is 0 Å². The Balaban J connectivity index is 2.97. The molecule has 0 aromatic heterocycles. The Hall–Kier alpha value is -1.39. The molecule has 148 valence electrons. The van der Waals surface area contributed by atoms with Gasteiger partial charge in [0.15, 0.2) is 0 Å². The van der Waals surface area contributed by atoms with Gasteiger partial charge in [0.2, 0.25) is 0 Å². The Morgan fingerprint density at radius 1 is 0.889 bits per heavy atom. The fourth-order valence-corrected chi connectivity index (χ4v) is 3.75. The van der Waals surface area contributed by atoms with Gasteiger partial charge in [0.05, 0.1) is 0 Å². The summed E-state index contributed by atoms with van der Waals surface area (Å²) >= 11 is 1.50. The van der Waals surface area contributed by atoms with Gasteiger partial charge in [-0.25, -0.2) is 8.78 Å². The second-order valence-electron chi connectivity index (χ2n) is 5.88. The van der Waals surface area contributed by atoms with Gasteiger partial charge in [0, 0.05) is 20.3 Å². The van der Waals surface area contributed by atoms with Crippen LogP contribution in [0.2, 0.25) is 0 Å². The predicted molar refractivity (Wildman–Crippen MR) is 93.4 cm³/mol. The average Bonchev–Trinajstić information content (AvgIpc) is 2.53. The first kappa shape index (κ1) is 21.9. The summed E-state index contributed by atoms with van der Waals surface area (Å²) in [4.78, 5) is 0. The molecular weight excluding hydrogens is 495 g/mol. The molecule has 0 fully saturated rings.